The molecule has 1 aliphatic carbocycles. The number of ether oxygens (including phenoxy) is 1. The van der Waals surface area contributed by atoms with Gasteiger partial charge < -0.3 is 9.84 Å². The third-order valence-electron chi connectivity index (χ3n) is 3.91. The predicted octanol–water partition coefficient (Wildman–Crippen LogP) is 1.10. The Morgan fingerprint density at radius 1 is 1.45 bits per heavy atom. The van der Waals surface area contributed by atoms with Crippen LogP contribution < -0.4 is 0 Å². The highest BCUT2D eigenvalue weighted by Gasteiger charge is 2.47. The lowest BCUT2D eigenvalue weighted by molar-refractivity contribution is -0.138. The molecule has 1 N–H and O–H groups in total. The number of carbonyl (C=O) groups is 3. The summed E-state index contributed by atoms with van der Waals surface area (Å²) in [7, 11) is 0. The van der Waals surface area contributed by atoms with Gasteiger partial charge in [0, 0.05) is 24.0 Å². The molecule has 5 heteroatoms. The van der Waals surface area contributed by atoms with Gasteiger partial charge in [0.05, 0.1) is 12.0 Å². The molecule has 2 rings (SSSR count). The van der Waals surface area contributed by atoms with Crippen molar-refractivity contribution in [2.75, 3.05) is 0 Å². The fraction of sp³-hybridized carbons (Fsp3) is 0.533. The number of aliphatic hydroxyl groups excluding tert-OH is 1. The van der Waals surface area contributed by atoms with E-state index in [1.165, 1.54) is 6.92 Å². The summed E-state index contributed by atoms with van der Waals surface area (Å²) in [5.41, 5.74) is 1.47. The molecule has 1 saturated heterocycles. The number of Topliss-reactive ketones (excluding diaryl/α,β-unsaturated/α-hetero) is 2. The quantitative estimate of drug-likeness (QED) is 0.615. The lowest BCUT2D eigenvalue weighted by atomic mass is 9.84. The molecule has 0 aromatic rings. The topological polar surface area (TPSA) is 80.7 Å². The summed E-state index contributed by atoms with van der Waals surface area (Å²) in [6, 6.07) is 0. The molecule has 0 amide bonds. The number of cyclic esters (lactones) is 1. The summed E-state index contributed by atoms with van der Waals surface area (Å²) in [4.78, 5) is 34.8. The van der Waals surface area contributed by atoms with Gasteiger partial charge >= 0.3 is 5.97 Å². The van der Waals surface area contributed by atoms with Crippen LogP contribution in [0.2, 0.25) is 0 Å². The van der Waals surface area contributed by atoms with E-state index in [9.17, 15) is 19.5 Å². The summed E-state index contributed by atoms with van der Waals surface area (Å²) >= 11 is 0. The second-order valence-corrected chi connectivity index (χ2v) is 5.47. The lowest BCUT2D eigenvalue weighted by Gasteiger charge is -2.23. The number of hydrogen-bond donors (Lipinski definition) is 1. The molecule has 0 unspecified atom stereocenters. The van der Waals surface area contributed by atoms with E-state index in [-0.39, 0.29) is 23.6 Å². The summed E-state index contributed by atoms with van der Waals surface area (Å²) in [5, 5.41) is 10.2. The Hall–Kier alpha value is -1.75. The van der Waals surface area contributed by atoms with Crippen LogP contribution in [0.25, 0.3) is 0 Å². The zero-order valence-electron chi connectivity index (χ0n) is 11.6. The summed E-state index contributed by atoms with van der Waals surface area (Å²) in [5.74, 6) is -1.58. The van der Waals surface area contributed by atoms with Crippen LogP contribution in [0.1, 0.15) is 33.1 Å². The Morgan fingerprint density at radius 3 is 2.60 bits per heavy atom. The smallest absolute Gasteiger partial charge is 0.334 e. The van der Waals surface area contributed by atoms with Crippen molar-refractivity contribution >= 4 is 17.5 Å². The molecule has 3 atom stereocenters. The number of esters is 1. The average molecular weight is 278 g/mol. The fourth-order valence-corrected chi connectivity index (χ4v) is 2.89. The van der Waals surface area contributed by atoms with Crippen molar-refractivity contribution in [1.82, 2.24) is 0 Å². The van der Waals surface area contributed by atoms with E-state index in [0.717, 1.165) is 5.57 Å². The lowest BCUT2D eigenvalue weighted by Crippen LogP contribution is -2.33. The fourth-order valence-electron chi connectivity index (χ4n) is 2.89. The first-order valence-electron chi connectivity index (χ1n) is 6.63. The first-order chi connectivity index (χ1) is 9.32. The molecule has 0 aromatic heterocycles. The Morgan fingerprint density at radius 2 is 2.10 bits per heavy atom. The maximum absolute atomic E-state index is 11.9. The minimum atomic E-state index is -1.06. The van der Waals surface area contributed by atoms with Crippen molar-refractivity contribution < 1.29 is 24.2 Å². The molecule has 108 valence electrons. The molecule has 1 fully saturated rings. The molecule has 0 aromatic carbocycles. The number of aliphatic hydroxyl groups is 1. The zero-order valence-corrected chi connectivity index (χ0v) is 11.6. The standard InChI is InChI=1S/C15H18O5/c1-7-4-5-10(17)12(7)14-13(9(3)15(19)20-14)11(18)6-8(2)16/h11,13-14,18H,3-6H2,1-2H3/t11-,13-,14+/m0/s1. The minimum absolute atomic E-state index is 0.0602. The van der Waals surface area contributed by atoms with Crippen LogP contribution in [0.15, 0.2) is 23.3 Å². The maximum Gasteiger partial charge on any atom is 0.334 e. The highest BCUT2D eigenvalue weighted by Crippen LogP contribution is 2.39. The largest absolute Gasteiger partial charge is 0.453 e. The molecule has 5 nitrogen and oxygen atoms in total. The van der Waals surface area contributed by atoms with Gasteiger partial charge in [-0.15, -0.1) is 0 Å². The van der Waals surface area contributed by atoms with Crippen LogP contribution in [0.3, 0.4) is 0 Å². The van der Waals surface area contributed by atoms with Crippen molar-refractivity contribution in [3.8, 4) is 0 Å². The van der Waals surface area contributed by atoms with Crippen molar-refractivity contribution in [3.05, 3.63) is 23.3 Å². The SMILES string of the molecule is C=C1C(=O)O[C@H](C2=C(C)CCC2=O)[C@@H]1[C@@H](O)CC(C)=O. The van der Waals surface area contributed by atoms with Gasteiger partial charge in [-0.3, -0.25) is 9.59 Å². The Kier molecular flexibility index (Phi) is 3.90. The third kappa shape index (κ3) is 2.45. The molecule has 0 spiro atoms. The molecule has 20 heavy (non-hydrogen) atoms. The predicted molar refractivity (Wildman–Crippen MR) is 70.8 cm³/mol. The number of hydrogen-bond acceptors (Lipinski definition) is 5. The van der Waals surface area contributed by atoms with E-state index in [0.29, 0.717) is 18.4 Å². The Labute approximate surface area is 117 Å². The van der Waals surface area contributed by atoms with Crippen LogP contribution >= 0.6 is 0 Å². The molecule has 1 aliphatic heterocycles. The maximum atomic E-state index is 11.9. The average Bonchev–Trinajstić information content (AvgIpc) is 2.80. The van der Waals surface area contributed by atoms with Crippen LogP contribution in [0.5, 0.6) is 0 Å². The first kappa shape index (κ1) is 14.7. The second kappa shape index (κ2) is 5.32. The molecule has 0 radical (unpaired) electrons. The third-order valence-corrected chi connectivity index (χ3v) is 3.91. The van der Waals surface area contributed by atoms with Gasteiger partial charge in [0.1, 0.15) is 11.9 Å². The number of carbonyl (C=O) groups excluding carboxylic acids is 3. The van der Waals surface area contributed by atoms with Crippen LogP contribution in [0, 0.1) is 5.92 Å². The summed E-state index contributed by atoms with van der Waals surface area (Å²) in [6.45, 7) is 6.82. The highest BCUT2D eigenvalue weighted by atomic mass is 16.6. The number of allylic oxidation sites excluding steroid dienone is 1. The van der Waals surface area contributed by atoms with Crippen LogP contribution in [-0.4, -0.2) is 34.9 Å². The summed E-state index contributed by atoms with van der Waals surface area (Å²) < 4.78 is 5.23. The first-order valence-corrected chi connectivity index (χ1v) is 6.63. The number of ketones is 2. The minimum Gasteiger partial charge on any atom is -0.453 e. The van der Waals surface area contributed by atoms with E-state index < -0.39 is 24.1 Å². The van der Waals surface area contributed by atoms with Gasteiger partial charge in [0.15, 0.2) is 5.78 Å². The van der Waals surface area contributed by atoms with E-state index in [1.54, 1.807) is 0 Å². The highest BCUT2D eigenvalue weighted by molar-refractivity contribution is 6.02. The number of rotatable bonds is 4. The van der Waals surface area contributed by atoms with Crippen molar-refractivity contribution in [3.63, 3.8) is 0 Å². The van der Waals surface area contributed by atoms with Gasteiger partial charge in [0.2, 0.25) is 0 Å². The molecular weight excluding hydrogens is 260 g/mol. The van der Waals surface area contributed by atoms with Gasteiger partial charge in [-0.05, 0) is 20.3 Å². The van der Waals surface area contributed by atoms with E-state index in [4.69, 9.17) is 4.74 Å². The van der Waals surface area contributed by atoms with E-state index in [2.05, 4.69) is 6.58 Å². The second-order valence-electron chi connectivity index (χ2n) is 5.47. The van der Waals surface area contributed by atoms with E-state index >= 15 is 0 Å². The van der Waals surface area contributed by atoms with Gasteiger partial charge in [-0.2, -0.15) is 0 Å². The molecule has 2 aliphatic rings. The molecule has 0 saturated carbocycles. The van der Waals surface area contributed by atoms with Crippen molar-refractivity contribution in [2.24, 2.45) is 5.92 Å². The van der Waals surface area contributed by atoms with Crippen molar-refractivity contribution in [2.45, 2.75) is 45.3 Å². The monoisotopic (exact) mass is 278 g/mol. The van der Waals surface area contributed by atoms with Gasteiger partial charge in [-0.1, -0.05) is 12.2 Å². The zero-order chi connectivity index (χ0) is 15.0. The van der Waals surface area contributed by atoms with Crippen molar-refractivity contribution in [1.29, 1.82) is 0 Å². The summed E-state index contributed by atoms with van der Waals surface area (Å²) in [6.07, 6.45) is -0.914. The van der Waals surface area contributed by atoms with Crippen LogP contribution in [-0.2, 0) is 19.1 Å². The van der Waals surface area contributed by atoms with Crippen LogP contribution in [0.4, 0.5) is 0 Å². The Bertz CT molecular complexity index is 528. The Balaban J connectivity index is 2.33. The normalized spacial score (nSPS) is 28.1. The molecule has 1 heterocycles. The van der Waals surface area contributed by atoms with E-state index in [1.807, 2.05) is 6.92 Å². The van der Waals surface area contributed by atoms with Gasteiger partial charge in [-0.25, -0.2) is 4.79 Å². The molecule has 0 bridgehead atoms. The molecular formula is C15H18O5. The van der Waals surface area contributed by atoms with Gasteiger partial charge in [0.25, 0.3) is 0 Å².